The first-order chi connectivity index (χ1) is 15.5. The average Bonchev–Trinajstić information content (AvgIpc) is 3.28. The Kier molecular flexibility index (Phi) is 5.38. The average molecular weight is 432 g/mol. The number of nitrogens with two attached hydrogens (primary N) is 1. The lowest BCUT2D eigenvalue weighted by Crippen LogP contribution is -2.50. The van der Waals surface area contributed by atoms with Crippen molar-refractivity contribution in [1.82, 2.24) is 24.6 Å². The van der Waals surface area contributed by atoms with Crippen molar-refractivity contribution >= 4 is 11.6 Å². The largest absolute Gasteiger partial charge is 0.381 e. The number of nitrogens with zero attached hydrogens (tertiary/aromatic N) is 6. The Labute approximate surface area is 187 Å². The fourth-order valence-corrected chi connectivity index (χ4v) is 4.75. The second-order valence-electron chi connectivity index (χ2n) is 8.87. The highest BCUT2D eigenvalue weighted by atomic mass is 16.1. The number of anilines is 2. The number of fused-ring (bicyclic) bond motifs is 1. The molecular weight excluding hydrogens is 402 g/mol. The van der Waals surface area contributed by atoms with Gasteiger partial charge in [-0.1, -0.05) is 30.3 Å². The van der Waals surface area contributed by atoms with Gasteiger partial charge in [-0.05, 0) is 39.3 Å². The molecule has 1 unspecified atom stereocenters. The molecule has 0 bridgehead atoms. The summed E-state index contributed by atoms with van der Waals surface area (Å²) in [6.45, 7) is 7.85. The number of benzene rings is 1. The summed E-state index contributed by atoms with van der Waals surface area (Å²) in [4.78, 5) is 27.0. The minimum absolute atomic E-state index is 0.0562. The molecule has 8 nitrogen and oxygen atoms in total. The van der Waals surface area contributed by atoms with Crippen LogP contribution in [0.2, 0.25) is 0 Å². The van der Waals surface area contributed by atoms with Crippen molar-refractivity contribution in [2.75, 3.05) is 36.8 Å². The molecule has 166 valence electrons. The Morgan fingerprint density at radius 3 is 2.59 bits per heavy atom. The standard InChI is InChI=1S/C24H29N7O/c1-16(2)31-20(32)11-10-19(28-31)22-21(17-7-4-3-5-8-17)26-23(25)24(27-22)30-14-13-29-12-6-9-18(29)15-30/h3-5,7-8,10-11,16,18H,6,9,12-15H2,1-2H3,(H2,25,26). The lowest BCUT2D eigenvalue weighted by Gasteiger charge is -2.38. The van der Waals surface area contributed by atoms with Gasteiger partial charge in [0.25, 0.3) is 5.56 Å². The summed E-state index contributed by atoms with van der Waals surface area (Å²) in [7, 11) is 0. The number of nitrogen functional groups attached to an aromatic ring is 1. The van der Waals surface area contributed by atoms with Gasteiger partial charge in [-0.25, -0.2) is 14.6 Å². The van der Waals surface area contributed by atoms with Crippen LogP contribution in [-0.4, -0.2) is 56.9 Å². The number of piperazine rings is 1. The molecule has 1 aromatic carbocycles. The first-order valence-corrected chi connectivity index (χ1v) is 11.3. The molecule has 2 aliphatic heterocycles. The Balaban J connectivity index is 1.64. The van der Waals surface area contributed by atoms with Crippen LogP contribution in [0, 0.1) is 0 Å². The summed E-state index contributed by atoms with van der Waals surface area (Å²) in [6.07, 6.45) is 2.46. The van der Waals surface area contributed by atoms with E-state index in [0.717, 1.165) is 25.2 Å². The highest BCUT2D eigenvalue weighted by molar-refractivity contribution is 5.80. The third-order valence-corrected chi connectivity index (χ3v) is 6.39. The molecule has 4 heterocycles. The molecule has 8 heteroatoms. The van der Waals surface area contributed by atoms with Crippen molar-refractivity contribution in [1.29, 1.82) is 0 Å². The van der Waals surface area contributed by atoms with Crippen molar-refractivity contribution in [2.45, 2.75) is 38.8 Å². The quantitative estimate of drug-likeness (QED) is 0.679. The van der Waals surface area contributed by atoms with E-state index in [1.54, 1.807) is 12.1 Å². The van der Waals surface area contributed by atoms with Crippen molar-refractivity contribution in [2.24, 2.45) is 0 Å². The van der Waals surface area contributed by atoms with Gasteiger partial charge in [-0.2, -0.15) is 5.10 Å². The predicted octanol–water partition coefficient (Wildman–Crippen LogP) is 2.81. The highest BCUT2D eigenvalue weighted by Crippen LogP contribution is 2.34. The van der Waals surface area contributed by atoms with Gasteiger partial charge < -0.3 is 10.6 Å². The maximum Gasteiger partial charge on any atom is 0.267 e. The topological polar surface area (TPSA) is 93.2 Å². The van der Waals surface area contributed by atoms with E-state index in [1.165, 1.54) is 24.1 Å². The normalized spacial score (nSPS) is 18.8. The van der Waals surface area contributed by atoms with Crippen LogP contribution in [0.5, 0.6) is 0 Å². The van der Waals surface area contributed by atoms with Crippen molar-refractivity contribution in [3.8, 4) is 22.6 Å². The van der Waals surface area contributed by atoms with Crippen LogP contribution >= 0.6 is 0 Å². The molecule has 2 saturated heterocycles. The van der Waals surface area contributed by atoms with Crippen LogP contribution in [-0.2, 0) is 0 Å². The van der Waals surface area contributed by atoms with E-state index in [9.17, 15) is 4.79 Å². The predicted molar refractivity (Wildman–Crippen MR) is 127 cm³/mol. The molecule has 0 saturated carbocycles. The van der Waals surface area contributed by atoms with E-state index in [2.05, 4.69) is 14.9 Å². The van der Waals surface area contributed by atoms with Gasteiger partial charge in [0.15, 0.2) is 11.6 Å². The zero-order chi connectivity index (χ0) is 22.2. The van der Waals surface area contributed by atoms with E-state index in [0.29, 0.717) is 34.8 Å². The van der Waals surface area contributed by atoms with Gasteiger partial charge in [0, 0.05) is 37.3 Å². The molecule has 0 aliphatic carbocycles. The molecule has 2 aromatic heterocycles. The van der Waals surface area contributed by atoms with Crippen LogP contribution in [0.3, 0.4) is 0 Å². The Morgan fingerprint density at radius 2 is 1.81 bits per heavy atom. The molecule has 0 radical (unpaired) electrons. The second kappa shape index (κ2) is 8.35. The first-order valence-electron chi connectivity index (χ1n) is 11.3. The molecule has 2 aliphatic rings. The van der Waals surface area contributed by atoms with Crippen LogP contribution in [0.15, 0.2) is 47.3 Å². The van der Waals surface area contributed by atoms with E-state index in [4.69, 9.17) is 15.7 Å². The summed E-state index contributed by atoms with van der Waals surface area (Å²) in [5.74, 6) is 1.13. The lowest BCUT2D eigenvalue weighted by atomic mass is 10.1. The smallest absolute Gasteiger partial charge is 0.267 e. The molecular formula is C24H29N7O. The molecule has 5 rings (SSSR count). The van der Waals surface area contributed by atoms with Crippen LogP contribution in [0.4, 0.5) is 11.6 Å². The molecule has 2 N–H and O–H groups in total. The summed E-state index contributed by atoms with van der Waals surface area (Å²) in [6, 6.07) is 13.6. The molecule has 0 amide bonds. The fraction of sp³-hybridized carbons (Fsp3) is 0.417. The monoisotopic (exact) mass is 431 g/mol. The molecule has 1 atom stereocenters. The SMILES string of the molecule is CC(C)n1nc(-c2nc(N3CCN4CCCC4C3)c(N)nc2-c2ccccc2)ccc1=O. The van der Waals surface area contributed by atoms with Gasteiger partial charge in [-0.3, -0.25) is 9.69 Å². The van der Waals surface area contributed by atoms with Crippen molar-refractivity contribution < 1.29 is 0 Å². The van der Waals surface area contributed by atoms with Crippen molar-refractivity contribution in [3.63, 3.8) is 0 Å². The summed E-state index contributed by atoms with van der Waals surface area (Å²) in [5.41, 5.74) is 9.19. The summed E-state index contributed by atoms with van der Waals surface area (Å²) >= 11 is 0. The third kappa shape index (κ3) is 3.75. The van der Waals surface area contributed by atoms with E-state index in [-0.39, 0.29) is 11.6 Å². The summed E-state index contributed by atoms with van der Waals surface area (Å²) < 4.78 is 1.49. The van der Waals surface area contributed by atoms with Gasteiger partial charge in [0.05, 0.1) is 6.04 Å². The van der Waals surface area contributed by atoms with Gasteiger partial charge >= 0.3 is 0 Å². The number of hydrogen-bond acceptors (Lipinski definition) is 7. The summed E-state index contributed by atoms with van der Waals surface area (Å²) in [5, 5.41) is 4.63. The Bertz CT molecular complexity index is 1170. The zero-order valence-corrected chi connectivity index (χ0v) is 18.6. The van der Waals surface area contributed by atoms with E-state index < -0.39 is 0 Å². The minimum Gasteiger partial charge on any atom is -0.381 e. The third-order valence-electron chi connectivity index (χ3n) is 6.39. The lowest BCUT2D eigenvalue weighted by molar-refractivity contribution is 0.230. The van der Waals surface area contributed by atoms with Crippen LogP contribution in [0.25, 0.3) is 22.6 Å². The van der Waals surface area contributed by atoms with Gasteiger partial charge in [0.2, 0.25) is 0 Å². The van der Waals surface area contributed by atoms with Crippen LogP contribution in [0.1, 0.15) is 32.7 Å². The van der Waals surface area contributed by atoms with Gasteiger partial charge in [-0.15, -0.1) is 0 Å². The van der Waals surface area contributed by atoms with Gasteiger partial charge in [0.1, 0.15) is 17.1 Å². The molecule has 2 fully saturated rings. The Hall–Kier alpha value is -3.26. The van der Waals surface area contributed by atoms with E-state index >= 15 is 0 Å². The minimum atomic E-state index is -0.133. The van der Waals surface area contributed by atoms with E-state index in [1.807, 2.05) is 44.2 Å². The maximum atomic E-state index is 12.3. The highest BCUT2D eigenvalue weighted by Gasteiger charge is 2.32. The Morgan fingerprint density at radius 1 is 1.00 bits per heavy atom. The molecule has 32 heavy (non-hydrogen) atoms. The number of hydrogen-bond donors (Lipinski definition) is 1. The van der Waals surface area contributed by atoms with Crippen LogP contribution < -0.4 is 16.2 Å². The van der Waals surface area contributed by atoms with Crippen molar-refractivity contribution in [3.05, 3.63) is 52.8 Å². The second-order valence-corrected chi connectivity index (χ2v) is 8.87. The first kappa shape index (κ1) is 20.6. The zero-order valence-electron chi connectivity index (χ0n) is 18.6. The molecule has 0 spiro atoms. The number of aromatic nitrogens is 4. The maximum absolute atomic E-state index is 12.3. The molecule has 3 aromatic rings. The number of rotatable bonds is 4. The fourth-order valence-electron chi connectivity index (χ4n) is 4.75.